The van der Waals surface area contributed by atoms with Gasteiger partial charge in [-0.15, -0.1) is 0 Å². The third-order valence-electron chi connectivity index (χ3n) is 3.42. The highest BCUT2D eigenvalue weighted by molar-refractivity contribution is 5.80. The maximum absolute atomic E-state index is 11.7. The predicted octanol–water partition coefficient (Wildman–Crippen LogP) is 2.10. The van der Waals surface area contributed by atoms with Crippen LogP contribution in [0.1, 0.15) is 19.3 Å². The maximum atomic E-state index is 11.7. The molecule has 4 nitrogen and oxygen atoms in total. The molecule has 0 unspecified atom stereocenters. The summed E-state index contributed by atoms with van der Waals surface area (Å²) in [7, 11) is 0. The van der Waals surface area contributed by atoms with Crippen LogP contribution in [0.15, 0.2) is 53.8 Å². The minimum Gasteiger partial charge on any atom is -0.272 e. The van der Waals surface area contributed by atoms with Gasteiger partial charge in [-0.2, -0.15) is 5.10 Å². The molecule has 96 valence electrons. The topological polar surface area (TPSA) is 47.2 Å². The second-order valence-corrected chi connectivity index (χ2v) is 4.74. The van der Waals surface area contributed by atoms with Crippen molar-refractivity contribution in [3.05, 3.63) is 54.1 Å². The fourth-order valence-electron chi connectivity index (χ4n) is 2.02. The lowest BCUT2D eigenvalue weighted by atomic mass is 9.85. The Morgan fingerprint density at radius 2 is 2.00 bits per heavy atom. The van der Waals surface area contributed by atoms with Crippen LogP contribution in [0.4, 0.5) is 0 Å². The van der Waals surface area contributed by atoms with Gasteiger partial charge in [0, 0.05) is 12.1 Å². The highest BCUT2D eigenvalue weighted by atomic mass is 16.1. The molecule has 0 atom stereocenters. The number of carbonyl (C=O) groups excluding carboxylic acids is 1. The van der Waals surface area contributed by atoms with Crippen LogP contribution in [0.3, 0.4) is 0 Å². The van der Waals surface area contributed by atoms with Crippen molar-refractivity contribution in [2.75, 3.05) is 0 Å². The van der Waals surface area contributed by atoms with Gasteiger partial charge >= 0.3 is 0 Å². The third kappa shape index (κ3) is 2.62. The molecule has 0 saturated heterocycles. The molecule has 1 saturated carbocycles. The molecular formula is C15H15N3O. The molecule has 1 aliphatic carbocycles. The highest BCUT2D eigenvalue weighted by Gasteiger charge is 2.24. The maximum Gasteiger partial charge on any atom is 0.249 e. The number of hydrogen-bond donors (Lipinski definition) is 0. The zero-order valence-electron chi connectivity index (χ0n) is 10.6. The molecule has 1 heterocycles. The van der Waals surface area contributed by atoms with Gasteiger partial charge in [-0.05, 0) is 31.0 Å². The number of rotatable bonds is 2. The van der Waals surface area contributed by atoms with E-state index in [1.165, 1.54) is 0 Å². The molecule has 0 bridgehead atoms. The number of carbonyl (C=O) groups is 1. The van der Waals surface area contributed by atoms with Gasteiger partial charge in [0.1, 0.15) is 0 Å². The van der Waals surface area contributed by atoms with E-state index in [1.807, 2.05) is 42.6 Å². The van der Waals surface area contributed by atoms with Gasteiger partial charge in [-0.3, -0.25) is 4.79 Å². The normalized spacial score (nSPS) is 16.1. The summed E-state index contributed by atoms with van der Waals surface area (Å²) in [5, 5.41) is 4.90. The second kappa shape index (κ2) is 5.18. The van der Waals surface area contributed by atoms with E-state index >= 15 is 0 Å². The molecular weight excluding hydrogens is 238 g/mol. The van der Waals surface area contributed by atoms with E-state index in [1.54, 1.807) is 10.9 Å². The van der Waals surface area contributed by atoms with Crippen molar-refractivity contribution in [3.8, 4) is 5.69 Å². The minimum atomic E-state index is -0.00879. The van der Waals surface area contributed by atoms with Gasteiger partial charge < -0.3 is 0 Å². The Kier molecular flexibility index (Phi) is 3.23. The van der Waals surface area contributed by atoms with Crippen molar-refractivity contribution in [3.63, 3.8) is 0 Å². The lowest BCUT2D eigenvalue weighted by Crippen LogP contribution is -2.22. The van der Waals surface area contributed by atoms with Gasteiger partial charge in [-0.1, -0.05) is 24.6 Å². The number of nitrogens with zero attached hydrogens (tertiary/aromatic N) is 3. The molecule has 0 aliphatic heterocycles. The molecule has 0 N–H and O–H groups in total. The smallest absolute Gasteiger partial charge is 0.249 e. The van der Waals surface area contributed by atoms with Crippen molar-refractivity contribution in [2.45, 2.75) is 19.3 Å². The number of aromatic nitrogens is 2. The first kappa shape index (κ1) is 11.8. The van der Waals surface area contributed by atoms with Crippen molar-refractivity contribution in [2.24, 2.45) is 10.9 Å². The Hall–Kier alpha value is -2.23. The summed E-state index contributed by atoms with van der Waals surface area (Å²) in [6.45, 7) is 0. The quantitative estimate of drug-likeness (QED) is 0.822. The van der Waals surface area contributed by atoms with E-state index in [4.69, 9.17) is 0 Å². The Balaban J connectivity index is 1.82. The molecule has 0 spiro atoms. The van der Waals surface area contributed by atoms with Gasteiger partial charge in [0.25, 0.3) is 0 Å². The van der Waals surface area contributed by atoms with E-state index in [-0.39, 0.29) is 11.8 Å². The van der Waals surface area contributed by atoms with E-state index in [2.05, 4.69) is 10.1 Å². The van der Waals surface area contributed by atoms with Gasteiger partial charge in [0.05, 0.1) is 17.2 Å². The molecule has 3 rings (SSSR count). The summed E-state index contributed by atoms with van der Waals surface area (Å²) in [6, 6.07) is 11.7. The fraction of sp³-hybridized carbons (Fsp3) is 0.267. The van der Waals surface area contributed by atoms with E-state index in [0.717, 1.165) is 24.9 Å². The minimum absolute atomic E-state index is 0.00879. The number of para-hydroxylation sites is 1. The molecule has 1 aromatic carbocycles. The standard InChI is InChI=1S/C15H15N3O/c19-15(12-5-4-6-12)17-13-9-10-18(16-11-13)14-7-2-1-3-8-14/h1-3,7-12H,4-6H2. The van der Waals surface area contributed by atoms with Crippen LogP contribution >= 0.6 is 0 Å². The lowest BCUT2D eigenvalue weighted by Gasteiger charge is -2.20. The number of amides is 1. The molecule has 2 aromatic rings. The monoisotopic (exact) mass is 253 g/mol. The third-order valence-corrected chi connectivity index (χ3v) is 3.42. The SMILES string of the molecule is O=C(N=c1ccn(-c2ccccc2)nc1)C1CCC1. The fourth-order valence-corrected chi connectivity index (χ4v) is 2.02. The van der Waals surface area contributed by atoms with E-state index < -0.39 is 0 Å². The summed E-state index contributed by atoms with van der Waals surface area (Å²) < 4.78 is 1.76. The Labute approximate surface area is 111 Å². The summed E-state index contributed by atoms with van der Waals surface area (Å²) in [6.07, 6.45) is 6.55. The molecule has 1 aromatic heterocycles. The van der Waals surface area contributed by atoms with Gasteiger partial charge in [-0.25, -0.2) is 9.67 Å². The number of hydrogen-bond acceptors (Lipinski definition) is 2. The van der Waals surface area contributed by atoms with Crippen LogP contribution in [0.25, 0.3) is 5.69 Å². The molecule has 1 amide bonds. The van der Waals surface area contributed by atoms with Crippen LogP contribution in [-0.2, 0) is 4.79 Å². The van der Waals surface area contributed by atoms with Crippen LogP contribution in [0.2, 0.25) is 0 Å². The van der Waals surface area contributed by atoms with Crippen molar-refractivity contribution in [1.29, 1.82) is 0 Å². The van der Waals surface area contributed by atoms with E-state index in [0.29, 0.717) is 5.36 Å². The average Bonchev–Trinajstić information content (AvgIpc) is 2.38. The second-order valence-electron chi connectivity index (χ2n) is 4.74. The van der Waals surface area contributed by atoms with Crippen LogP contribution in [-0.4, -0.2) is 15.7 Å². The Bertz CT molecular complexity index is 621. The van der Waals surface area contributed by atoms with Gasteiger partial charge in [0.2, 0.25) is 5.91 Å². The lowest BCUT2D eigenvalue weighted by molar-refractivity contribution is -0.124. The summed E-state index contributed by atoms with van der Waals surface area (Å²) in [4.78, 5) is 15.8. The average molecular weight is 253 g/mol. The molecule has 1 fully saturated rings. The van der Waals surface area contributed by atoms with Crippen molar-refractivity contribution < 1.29 is 4.79 Å². The van der Waals surface area contributed by atoms with E-state index in [9.17, 15) is 4.79 Å². The number of benzene rings is 1. The molecule has 1 aliphatic rings. The largest absolute Gasteiger partial charge is 0.272 e. The van der Waals surface area contributed by atoms with Crippen molar-refractivity contribution in [1.82, 2.24) is 9.78 Å². The first-order valence-electron chi connectivity index (χ1n) is 6.52. The molecule has 19 heavy (non-hydrogen) atoms. The van der Waals surface area contributed by atoms with Crippen LogP contribution < -0.4 is 5.36 Å². The van der Waals surface area contributed by atoms with Crippen LogP contribution in [0.5, 0.6) is 0 Å². The summed E-state index contributed by atoms with van der Waals surface area (Å²) in [5.41, 5.74) is 0.986. The van der Waals surface area contributed by atoms with Crippen molar-refractivity contribution >= 4 is 5.91 Å². The predicted molar refractivity (Wildman–Crippen MR) is 71.5 cm³/mol. The zero-order chi connectivity index (χ0) is 13.1. The summed E-state index contributed by atoms with van der Waals surface area (Å²) >= 11 is 0. The van der Waals surface area contributed by atoms with Crippen LogP contribution in [0, 0.1) is 5.92 Å². The molecule has 4 heteroatoms. The Morgan fingerprint density at radius 3 is 2.58 bits per heavy atom. The first-order valence-corrected chi connectivity index (χ1v) is 6.52. The molecule has 0 radical (unpaired) electrons. The Morgan fingerprint density at radius 1 is 1.21 bits per heavy atom. The highest BCUT2D eigenvalue weighted by Crippen LogP contribution is 2.27. The summed E-state index contributed by atoms with van der Waals surface area (Å²) in [5.74, 6) is 0.131. The van der Waals surface area contributed by atoms with Gasteiger partial charge in [0.15, 0.2) is 0 Å². The zero-order valence-corrected chi connectivity index (χ0v) is 10.6. The first-order chi connectivity index (χ1) is 9.33.